The van der Waals surface area contributed by atoms with Crippen LogP contribution in [0.2, 0.25) is 0 Å². The summed E-state index contributed by atoms with van der Waals surface area (Å²) in [7, 11) is 1.88. The SMILES string of the molecule is CCCNCc1ccc(N(C)Cc2ccccn2)c(F)c1. The molecule has 0 saturated carbocycles. The van der Waals surface area contributed by atoms with E-state index in [1.807, 2.05) is 42.3 Å². The topological polar surface area (TPSA) is 28.2 Å². The number of nitrogens with zero attached hydrogens (tertiary/aromatic N) is 2. The van der Waals surface area contributed by atoms with Crippen LogP contribution >= 0.6 is 0 Å². The van der Waals surface area contributed by atoms with Crippen molar-refractivity contribution < 1.29 is 4.39 Å². The zero-order valence-electron chi connectivity index (χ0n) is 12.6. The lowest BCUT2D eigenvalue weighted by Gasteiger charge is -2.20. The van der Waals surface area contributed by atoms with E-state index in [4.69, 9.17) is 0 Å². The van der Waals surface area contributed by atoms with E-state index in [1.165, 1.54) is 0 Å². The molecule has 0 spiro atoms. The van der Waals surface area contributed by atoms with Crippen LogP contribution in [0.4, 0.5) is 10.1 Å². The number of anilines is 1. The molecule has 0 amide bonds. The molecule has 0 saturated heterocycles. The van der Waals surface area contributed by atoms with E-state index in [2.05, 4.69) is 17.2 Å². The summed E-state index contributed by atoms with van der Waals surface area (Å²) in [5.41, 5.74) is 2.49. The molecule has 0 aliphatic heterocycles. The highest BCUT2D eigenvalue weighted by Crippen LogP contribution is 2.20. The van der Waals surface area contributed by atoms with E-state index in [9.17, 15) is 4.39 Å². The Labute approximate surface area is 125 Å². The third-order valence-corrected chi connectivity index (χ3v) is 3.30. The molecule has 0 fully saturated rings. The van der Waals surface area contributed by atoms with Gasteiger partial charge in [0.15, 0.2) is 0 Å². The van der Waals surface area contributed by atoms with Crippen LogP contribution in [-0.4, -0.2) is 18.6 Å². The molecule has 0 radical (unpaired) electrons. The van der Waals surface area contributed by atoms with Gasteiger partial charge >= 0.3 is 0 Å². The Hall–Kier alpha value is -1.94. The quantitative estimate of drug-likeness (QED) is 0.792. The number of hydrogen-bond acceptors (Lipinski definition) is 3. The molecule has 4 heteroatoms. The first-order chi connectivity index (χ1) is 10.2. The summed E-state index contributed by atoms with van der Waals surface area (Å²) in [5.74, 6) is -0.191. The average Bonchev–Trinajstić information content (AvgIpc) is 2.48. The van der Waals surface area contributed by atoms with Crippen LogP contribution in [0.3, 0.4) is 0 Å². The van der Waals surface area contributed by atoms with Crippen molar-refractivity contribution in [3.8, 4) is 0 Å². The highest BCUT2D eigenvalue weighted by Gasteiger charge is 2.09. The lowest BCUT2D eigenvalue weighted by atomic mass is 10.1. The summed E-state index contributed by atoms with van der Waals surface area (Å²) in [6, 6.07) is 11.2. The van der Waals surface area contributed by atoms with Gasteiger partial charge in [-0.2, -0.15) is 0 Å². The molecule has 0 bridgehead atoms. The van der Waals surface area contributed by atoms with E-state index >= 15 is 0 Å². The standard InChI is InChI=1S/C17H22FN3/c1-3-9-19-12-14-7-8-17(16(18)11-14)21(2)13-15-6-4-5-10-20-15/h4-8,10-11,19H,3,9,12-13H2,1-2H3. The van der Waals surface area contributed by atoms with E-state index in [0.29, 0.717) is 18.8 Å². The molecule has 2 aromatic rings. The van der Waals surface area contributed by atoms with E-state index in [0.717, 1.165) is 24.2 Å². The molecule has 0 aliphatic rings. The Bertz CT molecular complexity index is 557. The smallest absolute Gasteiger partial charge is 0.146 e. The normalized spacial score (nSPS) is 10.6. The van der Waals surface area contributed by atoms with Crippen LogP contribution in [0.5, 0.6) is 0 Å². The molecule has 0 unspecified atom stereocenters. The van der Waals surface area contributed by atoms with Gasteiger partial charge in [-0.05, 0) is 42.8 Å². The minimum absolute atomic E-state index is 0.191. The number of benzene rings is 1. The van der Waals surface area contributed by atoms with Crippen molar-refractivity contribution in [3.05, 3.63) is 59.7 Å². The molecule has 1 aromatic heterocycles. The molecule has 1 heterocycles. The molecule has 0 atom stereocenters. The van der Waals surface area contributed by atoms with Gasteiger partial charge in [0.1, 0.15) is 5.82 Å². The first kappa shape index (κ1) is 15.4. The molecule has 1 aromatic carbocycles. The maximum Gasteiger partial charge on any atom is 0.146 e. The summed E-state index contributed by atoms with van der Waals surface area (Å²) in [4.78, 5) is 6.14. The van der Waals surface area contributed by atoms with Crippen LogP contribution < -0.4 is 10.2 Å². The highest BCUT2D eigenvalue weighted by atomic mass is 19.1. The van der Waals surface area contributed by atoms with Gasteiger partial charge in [-0.3, -0.25) is 4.98 Å². The number of rotatable bonds is 7. The lowest BCUT2D eigenvalue weighted by molar-refractivity contribution is 0.614. The molecule has 21 heavy (non-hydrogen) atoms. The molecule has 0 aliphatic carbocycles. The Balaban J connectivity index is 2.02. The molecular formula is C17H22FN3. The Morgan fingerprint density at radius 1 is 1.24 bits per heavy atom. The van der Waals surface area contributed by atoms with E-state index < -0.39 is 0 Å². The Kier molecular flexibility index (Phi) is 5.69. The minimum Gasteiger partial charge on any atom is -0.366 e. The van der Waals surface area contributed by atoms with Gasteiger partial charge in [-0.1, -0.05) is 19.1 Å². The van der Waals surface area contributed by atoms with Crippen molar-refractivity contribution in [2.24, 2.45) is 0 Å². The average molecular weight is 287 g/mol. The number of aromatic nitrogens is 1. The first-order valence-electron chi connectivity index (χ1n) is 7.31. The summed E-state index contributed by atoms with van der Waals surface area (Å²) in [5, 5.41) is 3.28. The second kappa shape index (κ2) is 7.74. The van der Waals surface area contributed by atoms with Gasteiger partial charge < -0.3 is 10.2 Å². The fourth-order valence-electron chi connectivity index (χ4n) is 2.20. The van der Waals surface area contributed by atoms with Crippen LogP contribution in [0.25, 0.3) is 0 Å². The van der Waals surface area contributed by atoms with E-state index in [1.54, 1.807) is 12.3 Å². The third kappa shape index (κ3) is 4.53. The maximum absolute atomic E-state index is 14.2. The van der Waals surface area contributed by atoms with Gasteiger partial charge in [0.25, 0.3) is 0 Å². The molecule has 112 valence electrons. The Morgan fingerprint density at radius 2 is 2.10 bits per heavy atom. The number of pyridine rings is 1. The first-order valence-corrected chi connectivity index (χ1v) is 7.31. The fraction of sp³-hybridized carbons (Fsp3) is 0.353. The van der Waals surface area contributed by atoms with Gasteiger partial charge in [-0.15, -0.1) is 0 Å². The number of hydrogen-bond donors (Lipinski definition) is 1. The summed E-state index contributed by atoms with van der Waals surface area (Å²) >= 11 is 0. The second-order valence-electron chi connectivity index (χ2n) is 5.14. The number of halogens is 1. The van der Waals surface area contributed by atoms with Crippen molar-refractivity contribution in [1.29, 1.82) is 0 Å². The minimum atomic E-state index is -0.191. The van der Waals surface area contributed by atoms with E-state index in [-0.39, 0.29) is 5.82 Å². The van der Waals surface area contributed by atoms with Crippen molar-refractivity contribution in [1.82, 2.24) is 10.3 Å². The van der Waals surface area contributed by atoms with Crippen LogP contribution in [0.15, 0.2) is 42.6 Å². The number of nitrogens with one attached hydrogen (secondary N) is 1. The molecule has 1 N–H and O–H groups in total. The predicted octanol–water partition coefficient (Wildman–Crippen LogP) is 3.36. The molecule has 3 nitrogen and oxygen atoms in total. The van der Waals surface area contributed by atoms with Gasteiger partial charge in [-0.25, -0.2) is 4.39 Å². The highest BCUT2D eigenvalue weighted by molar-refractivity contribution is 5.48. The fourth-order valence-corrected chi connectivity index (χ4v) is 2.20. The maximum atomic E-state index is 14.2. The summed E-state index contributed by atoms with van der Waals surface area (Å²) in [6.45, 7) is 4.35. The summed E-state index contributed by atoms with van der Waals surface area (Å²) < 4.78 is 14.2. The monoisotopic (exact) mass is 287 g/mol. The van der Waals surface area contributed by atoms with Gasteiger partial charge in [0, 0.05) is 19.8 Å². The predicted molar refractivity (Wildman–Crippen MR) is 84.7 cm³/mol. The molecular weight excluding hydrogens is 265 g/mol. The van der Waals surface area contributed by atoms with Crippen molar-refractivity contribution in [3.63, 3.8) is 0 Å². The largest absolute Gasteiger partial charge is 0.366 e. The zero-order chi connectivity index (χ0) is 15.1. The van der Waals surface area contributed by atoms with Crippen molar-refractivity contribution >= 4 is 5.69 Å². The van der Waals surface area contributed by atoms with Crippen LogP contribution in [0.1, 0.15) is 24.6 Å². The van der Waals surface area contributed by atoms with Crippen LogP contribution in [0, 0.1) is 5.82 Å². The van der Waals surface area contributed by atoms with Crippen LogP contribution in [-0.2, 0) is 13.1 Å². The van der Waals surface area contributed by atoms with Gasteiger partial charge in [0.2, 0.25) is 0 Å². The lowest BCUT2D eigenvalue weighted by Crippen LogP contribution is -2.19. The summed E-state index contributed by atoms with van der Waals surface area (Å²) in [6.07, 6.45) is 2.83. The second-order valence-corrected chi connectivity index (χ2v) is 5.14. The molecule has 2 rings (SSSR count). The zero-order valence-corrected chi connectivity index (χ0v) is 12.6. The third-order valence-electron chi connectivity index (χ3n) is 3.30. The van der Waals surface area contributed by atoms with Gasteiger partial charge in [0.05, 0.1) is 17.9 Å². The van der Waals surface area contributed by atoms with Crippen molar-refractivity contribution in [2.75, 3.05) is 18.5 Å². The Morgan fingerprint density at radius 3 is 2.76 bits per heavy atom. The van der Waals surface area contributed by atoms with Crippen molar-refractivity contribution in [2.45, 2.75) is 26.4 Å².